The molecule has 10 heteroatoms. The first kappa shape index (κ1) is 29.5. The van der Waals surface area contributed by atoms with E-state index in [1.807, 2.05) is 26.8 Å². The number of aryl methyl sites for hydroxylation is 3. The Morgan fingerprint density at radius 3 is 2.16 bits per heavy atom. The highest BCUT2D eigenvalue weighted by atomic mass is 35.5. The van der Waals surface area contributed by atoms with Gasteiger partial charge in [0, 0.05) is 23.6 Å². The second-order valence-corrected chi connectivity index (χ2v) is 11.8. The summed E-state index contributed by atoms with van der Waals surface area (Å²) in [5.41, 5.74) is 3.68. The van der Waals surface area contributed by atoms with Crippen molar-refractivity contribution in [1.29, 1.82) is 0 Å². The summed E-state index contributed by atoms with van der Waals surface area (Å²) in [4.78, 5) is 27.8. The lowest BCUT2D eigenvalue weighted by atomic mass is 10.1. The van der Waals surface area contributed by atoms with Crippen molar-refractivity contribution in [3.05, 3.63) is 93.0 Å². The molecule has 3 rings (SSSR count). The van der Waals surface area contributed by atoms with Crippen LogP contribution in [0.4, 0.5) is 5.69 Å². The monoisotopic (exact) mass is 575 g/mol. The van der Waals surface area contributed by atoms with Crippen molar-refractivity contribution in [3.8, 4) is 0 Å². The van der Waals surface area contributed by atoms with Gasteiger partial charge < -0.3 is 10.2 Å². The number of benzene rings is 3. The van der Waals surface area contributed by atoms with E-state index in [1.165, 1.54) is 24.1 Å². The minimum absolute atomic E-state index is 0.0191. The fraction of sp³-hybridized carbons (Fsp3) is 0.286. The molecule has 0 fully saturated rings. The third-order valence-electron chi connectivity index (χ3n) is 6.44. The lowest BCUT2D eigenvalue weighted by Crippen LogP contribution is -2.50. The highest BCUT2D eigenvalue weighted by Gasteiger charge is 2.32. The van der Waals surface area contributed by atoms with Crippen LogP contribution in [0.3, 0.4) is 0 Å². The second kappa shape index (κ2) is 12.2. The van der Waals surface area contributed by atoms with E-state index in [0.29, 0.717) is 21.3 Å². The quantitative estimate of drug-likeness (QED) is 0.376. The van der Waals surface area contributed by atoms with E-state index in [2.05, 4.69) is 5.32 Å². The minimum atomic E-state index is -4.13. The van der Waals surface area contributed by atoms with Crippen LogP contribution in [-0.2, 0) is 26.2 Å². The van der Waals surface area contributed by atoms with Crippen molar-refractivity contribution in [1.82, 2.24) is 10.2 Å². The van der Waals surface area contributed by atoms with Crippen LogP contribution in [0, 0.1) is 20.8 Å². The van der Waals surface area contributed by atoms with Gasteiger partial charge in [-0.05, 0) is 80.8 Å². The lowest BCUT2D eigenvalue weighted by molar-refractivity contribution is -0.139. The molecular weight excluding hydrogens is 545 g/mol. The number of hydrogen-bond acceptors (Lipinski definition) is 4. The third kappa shape index (κ3) is 6.67. The number of amides is 2. The number of sulfonamides is 1. The summed E-state index contributed by atoms with van der Waals surface area (Å²) < 4.78 is 28.8. The van der Waals surface area contributed by atoms with Crippen molar-refractivity contribution >= 4 is 50.7 Å². The number of nitrogens with zero attached hydrogens (tertiary/aromatic N) is 2. The van der Waals surface area contributed by atoms with Gasteiger partial charge in [-0.3, -0.25) is 13.9 Å². The topological polar surface area (TPSA) is 86.8 Å². The average Bonchev–Trinajstić information content (AvgIpc) is 2.87. The van der Waals surface area contributed by atoms with Crippen LogP contribution in [0.5, 0.6) is 0 Å². The zero-order chi connectivity index (χ0) is 28.2. The molecular formula is C28H31Cl2N3O4S. The molecule has 3 aromatic rings. The Kier molecular flexibility index (Phi) is 9.46. The molecule has 0 aromatic heterocycles. The smallest absolute Gasteiger partial charge is 0.264 e. The molecule has 202 valence electrons. The van der Waals surface area contributed by atoms with Crippen LogP contribution in [0.2, 0.25) is 10.0 Å². The predicted octanol–water partition coefficient (Wildman–Crippen LogP) is 5.28. The zero-order valence-electron chi connectivity index (χ0n) is 22.0. The van der Waals surface area contributed by atoms with E-state index in [0.717, 1.165) is 21.0 Å². The Labute approximate surface area is 234 Å². The van der Waals surface area contributed by atoms with Crippen molar-refractivity contribution in [2.45, 2.75) is 45.2 Å². The molecule has 0 heterocycles. The molecule has 0 aliphatic rings. The van der Waals surface area contributed by atoms with Crippen LogP contribution >= 0.6 is 23.2 Å². The standard InChI is InChI=1S/C28H31Cl2N3O4S/c1-18-6-12-25(13-7-18)38(36,37)33(24-11-8-19(2)20(3)14-24)17-27(34)32(21(4)28(35)31-5)16-22-9-10-23(29)15-26(22)30/h6-15,21H,16-17H2,1-5H3,(H,31,35). The Bertz CT molecular complexity index is 1440. The second-order valence-electron chi connectivity index (χ2n) is 9.14. The number of likely N-dealkylation sites (N-methyl/N-ethyl adjacent to an activating group) is 1. The summed E-state index contributed by atoms with van der Waals surface area (Å²) in [5, 5.41) is 3.31. The maximum Gasteiger partial charge on any atom is 0.264 e. The first-order chi connectivity index (χ1) is 17.8. The van der Waals surface area contributed by atoms with Gasteiger partial charge in [-0.15, -0.1) is 0 Å². The van der Waals surface area contributed by atoms with Gasteiger partial charge in [-0.2, -0.15) is 0 Å². The maximum absolute atomic E-state index is 13.8. The van der Waals surface area contributed by atoms with E-state index >= 15 is 0 Å². The van der Waals surface area contributed by atoms with Gasteiger partial charge in [0.15, 0.2) is 0 Å². The van der Waals surface area contributed by atoms with E-state index < -0.39 is 34.4 Å². The summed E-state index contributed by atoms with van der Waals surface area (Å²) in [6.45, 7) is 6.70. The van der Waals surface area contributed by atoms with Gasteiger partial charge in [-0.1, -0.05) is 53.0 Å². The Morgan fingerprint density at radius 2 is 1.58 bits per heavy atom. The molecule has 0 spiro atoms. The van der Waals surface area contributed by atoms with Crippen LogP contribution in [0.15, 0.2) is 65.6 Å². The highest BCUT2D eigenvalue weighted by Crippen LogP contribution is 2.28. The molecule has 2 amide bonds. The molecule has 7 nitrogen and oxygen atoms in total. The maximum atomic E-state index is 13.8. The predicted molar refractivity (Wildman–Crippen MR) is 152 cm³/mol. The minimum Gasteiger partial charge on any atom is -0.357 e. The molecule has 0 radical (unpaired) electrons. The number of anilines is 1. The number of hydrogen-bond donors (Lipinski definition) is 1. The Balaban J connectivity index is 2.07. The fourth-order valence-corrected chi connectivity index (χ4v) is 5.75. The van der Waals surface area contributed by atoms with Gasteiger partial charge in [0.05, 0.1) is 10.6 Å². The van der Waals surface area contributed by atoms with Crippen molar-refractivity contribution < 1.29 is 18.0 Å². The fourth-order valence-electron chi connectivity index (χ4n) is 3.87. The SMILES string of the molecule is CNC(=O)C(C)N(Cc1ccc(Cl)cc1Cl)C(=O)CN(c1ccc(C)c(C)c1)S(=O)(=O)c1ccc(C)cc1. The molecule has 0 saturated carbocycles. The number of carbonyl (C=O) groups excluding carboxylic acids is 2. The van der Waals surface area contributed by atoms with E-state index in [9.17, 15) is 18.0 Å². The summed E-state index contributed by atoms with van der Waals surface area (Å²) >= 11 is 12.4. The summed E-state index contributed by atoms with van der Waals surface area (Å²) in [6, 6.07) is 15.6. The lowest BCUT2D eigenvalue weighted by Gasteiger charge is -2.32. The normalized spacial score (nSPS) is 12.1. The van der Waals surface area contributed by atoms with E-state index in [-0.39, 0.29) is 11.4 Å². The summed E-state index contributed by atoms with van der Waals surface area (Å²) in [6.07, 6.45) is 0. The van der Waals surface area contributed by atoms with Gasteiger partial charge in [0.25, 0.3) is 10.0 Å². The first-order valence-electron chi connectivity index (χ1n) is 12.0. The van der Waals surface area contributed by atoms with Gasteiger partial charge in [0.1, 0.15) is 12.6 Å². The molecule has 1 unspecified atom stereocenters. The van der Waals surface area contributed by atoms with Crippen LogP contribution in [0.25, 0.3) is 0 Å². The first-order valence-corrected chi connectivity index (χ1v) is 14.2. The van der Waals surface area contributed by atoms with Gasteiger partial charge in [-0.25, -0.2) is 8.42 Å². The number of halogens is 2. The Hall–Kier alpha value is -3.07. The van der Waals surface area contributed by atoms with E-state index in [4.69, 9.17) is 23.2 Å². The molecule has 1 N–H and O–H groups in total. The molecule has 0 aliphatic heterocycles. The van der Waals surface area contributed by atoms with Gasteiger partial charge in [0.2, 0.25) is 11.8 Å². The molecule has 0 aliphatic carbocycles. The molecule has 1 atom stereocenters. The number of nitrogens with one attached hydrogen (secondary N) is 1. The summed E-state index contributed by atoms with van der Waals surface area (Å²) in [5.74, 6) is -0.969. The molecule has 38 heavy (non-hydrogen) atoms. The molecule has 0 bridgehead atoms. The van der Waals surface area contributed by atoms with Crippen molar-refractivity contribution in [3.63, 3.8) is 0 Å². The van der Waals surface area contributed by atoms with Crippen molar-refractivity contribution in [2.24, 2.45) is 0 Å². The summed E-state index contributed by atoms with van der Waals surface area (Å²) in [7, 11) is -2.65. The zero-order valence-corrected chi connectivity index (χ0v) is 24.3. The molecule has 0 saturated heterocycles. The van der Waals surface area contributed by atoms with Crippen LogP contribution in [0.1, 0.15) is 29.2 Å². The van der Waals surface area contributed by atoms with Crippen LogP contribution in [-0.4, -0.2) is 44.8 Å². The number of carbonyl (C=O) groups is 2. The average molecular weight is 577 g/mol. The molecule has 3 aromatic carbocycles. The van der Waals surface area contributed by atoms with Crippen molar-refractivity contribution in [2.75, 3.05) is 17.9 Å². The Morgan fingerprint density at radius 1 is 0.921 bits per heavy atom. The van der Waals surface area contributed by atoms with E-state index in [1.54, 1.807) is 49.4 Å². The van der Waals surface area contributed by atoms with Gasteiger partial charge >= 0.3 is 0 Å². The van der Waals surface area contributed by atoms with Crippen LogP contribution < -0.4 is 9.62 Å². The highest BCUT2D eigenvalue weighted by molar-refractivity contribution is 7.92. The third-order valence-corrected chi connectivity index (χ3v) is 8.81. The largest absolute Gasteiger partial charge is 0.357 e. The number of rotatable bonds is 9.